The minimum absolute atomic E-state index is 0. The van der Waals surface area contributed by atoms with Crippen molar-refractivity contribution in [3.63, 3.8) is 0 Å². The van der Waals surface area contributed by atoms with Crippen LogP contribution in [0.1, 0.15) is 44.7 Å². The van der Waals surface area contributed by atoms with Gasteiger partial charge in [-0.05, 0) is 44.0 Å². The average molecular weight is 501 g/mol. The Bertz CT molecular complexity index is 615. The maximum Gasteiger partial charge on any atom is 0.223 e. The molecule has 0 aromatic heterocycles. The van der Waals surface area contributed by atoms with Crippen LogP contribution in [-0.2, 0) is 17.9 Å². The molecule has 0 spiro atoms. The third kappa shape index (κ3) is 8.77. The molecule has 1 aromatic rings. The highest BCUT2D eigenvalue weighted by Crippen LogP contribution is 2.28. The number of nitrogens with zero attached hydrogens (tertiary/aromatic N) is 2. The number of carbonyl (C=O) groups is 1. The molecule has 0 radical (unpaired) electrons. The third-order valence-corrected chi connectivity index (χ3v) is 4.82. The topological polar surface area (TPSA) is 68.8 Å². The number of hydrogen-bond acceptors (Lipinski definition) is 3. The second kappa shape index (κ2) is 13.8. The van der Waals surface area contributed by atoms with Gasteiger partial charge < -0.3 is 16.0 Å². The van der Waals surface area contributed by atoms with Gasteiger partial charge in [-0.3, -0.25) is 9.69 Å². The lowest BCUT2D eigenvalue weighted by molar-refractivity contribution is -0.122. The molecule has 0 saturated heterocycles. The lowest BCUT2D eigenvalue weighted by Crippen LogP contribution is -2.41. The molecule has 0 bridgehead atoms. The van der Waals surface area contributed by atoms with Crippen molar-refractivity contribution in [3.8, 4) is 0 Å². The number of guanidine groups is 1. The van der Waals surface area contributed by atoms with Gasteiger partial charge in [-0.2, -0.15) is 0 Å². The zero-order chi connectivity index (χ0) is 19.5. The summed E-state index contributed by atoms with van der Waals surface area (Å²) in [7, 11) is 0. The van der Waals surface area contributed by atoms with Gasteiger partial charge in [0.15, 0.2) is 5.96 Å². The van der Waals surface area contributed by atoms with Crippen molar-refractivity contribution in [2.24, 2.45) is 10.9 Å². The lowest BCUT2D eigenvalue weighted by atomic mass is 10.1. The molecule has 0 atom stereocenters. The number of nitrogens with one attached hydrogen (secondary N) is 3. The van der Waals surface area contributed by atoms with E-state index in [1.807, 2.05) is 0 Å². The third-order valence-electron chi connectivity index (χ3n) is 4.82. The van der Waals surface area contributed by atoms with Crippen molar-refractivity contribution in [3.05, 3.63) is 35.4 Å². The first-order valence-corrected chi connectivity index (χ1v) is 10.3. The van der Waals surface area contributed by atoms with Crippen LogP contribution in [0.4, 0.5) is 0 Å². The number of rotatable bonds is 11. The molecule has 0 heterocycles. The minimum atomic E-state index is 0. The Morgan fingerprint density at radius 2 is 1.68 bits per heavy atom. The van der Waals surface area contributed by atoms with E-state index in [1.165, 1.54) is 11.1 Å². The van der Waals surface area contributed by atoms with Gasteiger partial charge in [0, 0.05) is 32.1 Å². The highest BCUT2D eigenvalue weighted by atomic mass is 127. The highest BCUT2D eigenvalue weighted by Gasteiger charge is 2.28. The molecule has 6 nitrogen and oxygen atoms in total. The molecule has 1 fully saturated rings. The van der Waals surface area contributed by atoms with Crippen LogP contribution in [0.5, 0.6) is 0 Å². The predicted molar refractivity (Wildman–Crippen MR) is 127 cm³/mol. The summed E-state index contributed by atoms with van der Waals surface area (Å²) in [6.07, 6.45) is 2.08. The van der Waals surface area contributed by atoms with E-state index < -0.39 is 0 Å². The Morgan fingerprint density at radius 1 is 1.04 bits per heavy atom. The number of amides is 1. The zero-order valence-electron chi connectivity index (χ0n) is 17.5. The maximum absolute atomic E-state index is 11.7. The lowest BCUT2D eigenvalue weighted by Gasteiger charge is -2.20. The summed E-state index contributed by atoms with van der Waals surface area (Å²) in [5.41, 5.74) is 2.58. The van der Waals surface area contributed by atoms with Crippen LogP contribution >= 0.6 is 24.0 Å². The fourth-order valence-corrected chi connectivity index (χ4v) is 2.92. The van der Waals surface area contributed by atoms with Crippen LogP contribution in [0.3, 0.4) is 0 Å². The van der Waals surface area contributed by atoms with E-state index >= 15 is 0 Å². The van der Waals surface area contributed by atoms with E-state index in [2.05, 4.69) is 65.9 Å². The van der Waals surface area contributed by atoms with Gasteiger partial charge >= 0.3 is 0 Å². The van der Waals surface area contributed by atoms with Crippen molar-refractivity contribution in [2.45, 2.75) is 46.7 Å². The Kier molecular flexibility index (Phi) is 12.1. The van der Waals surface area contributed by atoms with Gasteiger partial charge in [-0.1, -0.05) is 38.1 Å². The average Bonchev–Trinajstić information content (AvgIpc) is 3.53. The van der Waals surface area contributed by atoms with Crippen LogP contribution in [0, 0.1) is 5.92 Å². The molecule has 1 amide bonds. The molecule has 1 aliphatic rings. The second-order valence-electron chi connectivity index (χ2n) is 6.92. The van der Waals surface area contributed by atoms with Gasteiger partial charge in [-0.15, -0.1) is 24.0 Å². The van der Waals surface area contributed by atoms with E-state index in [1.54, 1.807) is 0 Å². The van der Waals surface area contributed by atoms with Gasteiger partial charge in [-0.25, -0.2) is 4.99 Å². The summed E-state index contributed by atoms with van der Waals surface area (Å²) in [6, 6.07) is 8.51. The minimum Gasteiger partial charge on any atom is -0.357 e. The summed E-state index contributed by atoms with van der Waals surface area (Å²) >= 11 is 0. The Morgan fingerprint density at radius 3 is 2.29 bits per heavy atom. The predicted octanol–water partition coefficient (Wildman–Crippen LogP) is 2.73. The number of carbonyl (C=O) groups excluding carboxylic acids is 1. The maximum atomic E-state index is 11.7. The van der Waals surface area contributed by atoms with E-state index in [0.29, 0.717) is 19.6 Å². The fraction of sp³-hybridized carbons (Fsp3) is 0.619. The first-order valence-electron chi connectivity index (χ1n) is 10.3. The Labute approximate surface area is 187 Å². The van der Waals surface area contributed by atoms with Crippen molar-refractivity contribution in [1.29, 1.82) is 0 Å². The van der Waals surface area contributed by atoms with Gasteiger partial charge in [0.1, 0.15) is 0 Å². The normalized spacial score (nSPS) is 13.8. The molecule has 28 heavy (non-hydrogen) atoms. The first-order chi connectivity index (χ1) is 13.2. The molecule has 1 aliphatic carbocycles. The van der Waals surface area contributed by atoms with E-state index in [-0.39, 0.29) is 35.8 Å². The molecule has 1 saturated carbocycles. The summed E-state index contributed by atoms with van der Waals surface area (Å²) < 4.78 is 0. The van der Waals surface area contributed by atoms with Crippen molar-refractivity contribution in [2.75, 3.05) is 32.7 Å². The van der Waals surface area contributed by atoms with Crippen LogP contribution in [0.15, 0.2) is 29.3 Å². The number of benzene rings is 1. The smallest absolute Gasteiger partial charge is 0.223 e. The van der Waals surface area contributed by atoms with Crippen molar-refractivity contribution >= 4 is 35.8 Å². The molecule has 2 rings (SSSR count). The largest absolute Gasteiger partial charge is 0.357 e. The molecule has 7 heteroatoms. The van der Waals surface area contributed by atoms with Crippen molar-refractivity contribution in [1.82, 2.24) is 20.9 Å². The molecule has 3 N–H and O–H groups in total. The van der Waals surface area contributed by atoms with Crippen LogP contribution in [-0.4, -0.2) is 49.5 Å². The van der Waals surface area contributed by atoms with E-state index in [0.717, 1.165) is 45.0 Å². The monoisotopic (exact) mass is 501 g/mol. The van der Waals surface area contributed by atoms with Crippen LogP contribution in [0.2, 0.25) is 0 Å². The quantitative estimate of drug-likeness (QED) is 0.189. The Balaban J connectivity index is 0.00000392. The van der Waals surface area contributed by atoms with Gasteiger partial charge in [0.2, 0.25) is 5.91 Å². The molecule has 1 aromatic carbocycles. The number of aliphatic imine (C=N–C) groups is 1. The van der Waals surface area contributed by atoms with Crippen molar-refractivity contribution < 1.29 is 4.79 Å². The first kappa shape index (κ1) is 24.7. The van der Waals surface area contributed by atoms with E-state index in [4.69, 9.17) is 4.99 Å². The molecular weight excluding hydrogens is 465 g/mol. The highest BCUT2D eigenvalue weighted by molar-refractivity contribution is 14.0. The summed E-state index contributed by atoms with van der Waals surface area (Å²) in [5.74, 6) is 1.23. The van der Waals surface area contributed by atoms with Gasteiger partial charge in [0.05, 0.1) is 6.54 Å². The van der Waals surface area contributed by atoms with Crippen LogP contribution in [0.25, 0.3) is 0 Å². The van der Waals surface area contributed by atoms with Gasteiger partial charge in [0.25, 0.3) is 0 Å². The second-order valence-corrected chi connectivity index (χ2v) is 6.92. The zero-order valence-corrected chi connectivity index (χ0v) is 19.8. The van der Waals surface area contributed by atoms with E-state index in [9.17, 15) is 4.79 Å². The summed E-state index contributed by atoms with van der Waals surface area (Å²) in [4.78, 5) is 18.8. The van der Waals surface area contributed by atoms with Crippen LogP contribution < -0.4 is 16.0 Å². The fourth-order valence-electron chi connectivity index (χ4n) is 2.92. The molecule has 0 unspecified atom stereocenters. The molecular formula is C21H36IN5O. The Hall–Kier alpha value is -1.35. The summed E-state index contributed by atoms with van der Waals surface area (Å²) in [6.45, 7) is 12.2. The molecule has 158 valence electrons. The summed E-state index contributed by atoms with van der Waals surface area (Å²) in [5, 5.41) is 9.55. The number of halogens is 1. The molecule has 0 aliphatic heterocycles. The standard InChI is InChI=1S/C21H35N5O.HI/c1-4-22-21(24-14-13-23-20(27)17-11-12-17)25-15-18-9-7-8-10-19(18)16-26(5-2)6-3;/h7-10,17H,4-6,11-16H2,1-3H3,(H,23,27)(H2,22,24,25);1H. The number of hydrogen-bond donors (Lipinski definition) is 3. The SMILES string of the molecule is CCNC(=NCc1ccccc1CN(CC)CC)NCCNC(=O)C1CC1.I.